The maximum atomic E-state index is 12.1. The number of hydrogen-bond donors (Lipinski definition) is 1. The summed E-state index contributed by atoms with van der Waals surface area (Å²) in [5.74, 6) is 1.89. The average Bonchev–Trinajstić information content (AvgIpc) is 3.07. The first kappa shape index (κ1) is 18.2. The van der Waals surface area contributed by atoms with Gasteiger partial charge in [-0.3, -0.25) is 4.79 Å². The van der Waals surface area contributed by atoms with Gasteiger partial charge in [0.2, 0.25) is 17.6 Å². The Morgan fingerprint density at radius 1 is 1.12 bits per heavy atom. The van der Waals surface area contributed by atoms with Crippen molar-refractivity contribution in [2.75, 3.05) is 11.1 Å². The lowest BCUT2D eigenvalue weighted by atomic mass is 10.1. The summed E-state index contributed by atoms with van der Waals surface area (Å²) >= 11 is 1.45. The quantitative estimate of drug-likeness (QED) is 0.693. The third-order valence-electron chi connectivity index (χ3n) is 3.98. The third-order valence-corrected chi connectivity index (χ3v) is 4.90. The van der Waals surface area contributed by atoms with E-state index in [1.165, 1.54) is 11.8 Å². The molecular formula is C20H21N3O2S. The third kappa shape index (κ3) is 4.52. The van der Waals surface area contributed by atoms with E-state index in [0.717, 1.165) is 27.9 Å². The zero-order valence-electron chi connectivity index (χ0n) is 15.1. The van der Waals surface area contributed by atoms with E-state index >= 15 is 0 Å². The molecule has 0 saturated heterocycles. The Kier molecular flexibility index (Phi) is 5.73. The van der Waals surface area contributed by atoms with Gasteiger partial charge in [-0.15, -0.1) is 11.8 Å². The van der Waals surface area contributed by atoms with E-state index in [2.05, 4.69) is 15.5 Å². The molecule has 3 rings (SSSR count). The molecule has 1 aromatic heterocycles. The number of rotatable bonds is 6. The van der Waals surface area contributed by atoms with Crippen molar-refractivity contribution in [1.29, 1.82) is 0 Å². The molecule has 0 atom stereocenters. The van der Waals surface area contributed by atoms with Crippen LogP contribution in [0.25, 0.3) is 11.4 Å². The number of benzene rings is 2. The standard InChI is InChI=1S/C20H21N3O2S/c1-13-8-9-15(3)17(10-13)21-18(24)11-26-12-19-22-20(23-25-19)16-7-5-4-6-14(16)2/h4-10H,11-12H2,1-3H3,(H,21,24). The first-order valence-electron chi connectivity index (χ1n) is 8.36. The summed E-state index contributed by atoms with van der Waals surface area (Å²) in [6, 6.07) is 13.9. The van der Waals surface area contributed by atoms with Crippen LogP contribution in [0.1, 0.15) is 22.6 Å². The minimum Gasteiger partial charge on any atom is -0.338 e. The van der Waals surface area contributed by atoms with Crippen LogP contribution in [0.15, 0.2) is 47.0 Å². The highest BCUT2D eigenvalue weighted by atomic mass is 32.2. The molecule has 26 heavy (non-hydrogen) atoms. The number of aryl methyl sites for hydroxylation is 3. The molecule has 5 nitrogen and oxygen atoms in total. The van der Waals surface area contributed by atoms with Crippen LogP contribution in [0.5, 0.6) is 0 Å². The monoisotopic (exact) mass is 367 g/mol. The highest BCUT2D eigenvalue weighted by molar-refractivity contribution is 7.99. The van der Waals surface area contributed by atoms with Crippen LogP contribution < -0.4 is 5.32 Å². The van der Waals surface area contributed by atoms with Gasteiger partial charge in [-0.2, -0.15) is 4.98 Å². The first-order chi connectivity index (χ1) is 12.5. The van der Waals surface area contributed by atoms with Gasteiger partial charge in [0.1, 0.15) is 0 Å². The highest BCUT2D eigenvalue weighted by Gasteiger charge is 2.11. The van der Waals surface area contributed by atoms with Gasteiger partial charge in [0, 0.05) is 11.3 Å². The van der Waals surface area contributed by atoms with Gasteiger partial charge in [-0.25, -0.2) is 0 Å². The van der Waals surface area contributed by atoms with Crippen molar-refractivity contribution < 1.29 is 9.32 Å². The lowest BCUT2D eigenvalue weighted by Gasteiger charge is -2.08. The molecule has 134 valence electrons. The lowest BCUT2D eigenvalue weighted by molar-refractivity contribution is -0.113. The molecule has 0 fully saturated rings. The molecule has 0 bridgehead atoms. The summed E-state index contributed by atoms with van der Waals surface area (Å²) in [4.78, 5) is 16.6. The predicted octanol–water partition coefficient (Wildman–Crippen LogP) is 4.53. The summed E-state index contributed by atoms with van der Waals surface area (Å²) in [5.41, 5.74) is 5.08. The van der Waals surface area contributed by atoms with Crippen LogP contribution in [-0.2, 0) is 10.5 Å². The SMILES string of the molecule is Cc1ccc(C)c(NC(=O)CSCc2nc(-c3ccccc3C)no2)c1. The van der Waals surface area contributed by atoms with Gasteiger partial charge in [0.25, 0.3) is 0 Å². The van der Waals surface area contributed by atoms with E-state index < -0.39 is 0 Å². The molecule has 1 heterocycles. The number of hydrogen-bond acceptors (Lipinski definition) is 5. The zero-order chi connectivity index (χ0) is 18.5. The summed E-state index contributed by atoms with van der Waals surface area (Å²) < 4.78 is 5.30. The fourth-order valence-electron chi connectivity index (χ4n) is 2.53. The van der Waals surface area contributed by atoms with Crippen LogP contribution >= 0.6 is 11.8 Å². The Morgan fingerprint density at radius 2 is 1.92 bits per heavy atom. The van der Waals surface area contributed by atoms with Crippen molar-refractivity contribution in [2.45, 2.75) is 26.5 Å². The van der Waals surface area contributed by atoms with Crippen LogP contribution in [0.4, 0.5) is 5.69 Å². The Labute approximate surface area is 157 Å². The Morgan fingerprint density at radius 3 is 2.73 bits per heavy atom. The number of aromatic nitrogens is 2. The molecule has 0 aliphatic carbocycles. The van der Waals surface area contributed by atoms with Gasteiger partial charge < -0.3 is 9.84 Å². The van der Waals surface area contributed by atoms with Gasteiger partial charge in [0.15, 0.2) is 0 Å². The summed E-state index contributed by atoms with van der Waals surface area (Å²) in [7, 11) is 0. The van der Waals surface area contributed by atoms with Crippen LogP contribution in [0, 0.1) is 20.8 Å². The summed E-state index contributed by atoms with van der Waals surface area (Å²) in [6.45, 7) is 6.00. The lowest BCUT2D eigenvalue weighted by Crippen LogP contribution is -2.15. The molecule has 0 saturated carbocycles. The maximum Gasteiger partial charge on any atom is 0.236 e. The van der Waals surface area contributed by atoms with Crippen molar-refractivity contribution in [3.8, 4) is 11.4 Å². The Hall–Kier alpha value is -2.60. The molecule has 0 aliphatic heterocycles. The van der Waals surface area contributed by atoms with E-state index in [1.807, 2.05) is 63.2 Å². The molecule has 0 unspecified atom stereocenters. The molecule has 1 amide bonds. The number of anilines is 1. The number of carbonyl (C=O) groups excluding carboxylic acids is 1. The first-order valence-corrected chi connectivity index (χ1v) is 9.52. The molecule has 0 aliphatic rings. The topological polar surface area (TPSA) is 68.0 Å². The minimum atomic E-state index is -0.0395. The van der Waals surface area contributed by atoms with Gasteiger partial charge >= 0.3 is 0 Å². The largest absolute Gasteiger partial charge is 0.338 e. The van der Waals surface area contributed by atoms with Crippen LogP contribution in [0.2, 0.25) is 0 Å². The molecule has 6 heteroatoms. The van der Waals surface area contributed by atoms with Crippen LogP contribution in [-0.4, -0.2) is 21.8 Å². The minimum absolute atomic E-state index is 0.0395. The number of amides is 1. The molecule has 0 spiro atoms. The van der Waals surface area contributed by atoms with Crippen molar-refractivity contribution in [2.24, 2.45) is 0 Å². The molecular weight excluding hydrogens is 346 g/mol. The average molecular weight is 367 g/mol. The second kappa shape index (κ2) is 8.19. The maximum absolute atomic E-state index is 12.1. The van der Waals surface area contributed by atoms with E-state index in [4.69, 9.17) is 4.52 Å². The molecule has 3 aromatic rings. The fourth-order valence-corrected chi connectivity index (χ4v) is 3.19. The summed E-state index contributed by atoms with van der Waals surface area (Å²) in [6.07, 6.45) is 0. The van der Waals surface area contributed by atoms with E-state index in [0.29, 0.717) is 23.2 Å². The number of nitrogens with zero attached hydrogens (tertiary/aromatic N) is 2. The Bertz CT molecular complexity index is 921. The smallest absolute Gasteiger partial charge is 0.236 e. The predicted molar refractivity (Wildman–Crippen MR) is 105 cm³/mol. The second-order valence-corrected chi connectivity index (χ2v) is 7.17. The van der Waals surface area contributed by atoms with E-state index in [9.17, 15) is 4.79 Å². The molecule has 2 aromatic carbocycles. The highest BCUT2D eigenvalue weighted by Crippen LogP contribution is 2.21. The van der Waals surface area contributed by atoms with Gasteiger partial charge in [-0.05, 0) is 43.5 Å². The van der Waals surface area contributed by atoms with Crippen molar-refractivity contribution in [3.05, 3.63) is 65.0 Å². The number of thioether (sulfide) groups is 1. The second-order valence-electron chi connectivity index (χ2n) is 6.19. The zero-order valence-corrected chi connectivity index (χ0v) is 15.9. The van der Waals surface area contributed by atoms with E-state index in [-0.39, 0.29) is 5.91 Å². The number of nitrogens with one attached hydrogen (secondary N) is 1. The summed E-state index contributed by atoms with van der Waals surface area (Å²) in [5, 5.41) is 6.98. The normalized spacial score (nSPS) is 10.7. The van der Waals surface area contributed by atoms with E-state index in [1.54, 1.807) is 0 Å². The number of carbonyl (C=O) groups is 1. The van der Waals surface area contributed by atoms with Crippen molar-refractivity contribution >= 4 is 23.4 Å². The molecule has 1 N–H and O–H groups in total. The fraction of sp³-hybridized carbons (Fsp3) is 0.250. The van der Waals surface area contributed by atoms with Crippen molar-refractivity contribution in [1.82, 2.24) is 10.1 Å². The molecule has 0 radical (unpaired) electrons. The Balaban J connectivity index is 1.53. The van der Waals surface area contributed by atoms with Crippen molar-refractivity contribution in [3.63, 3.8) is 0 Å². The van der Waals surface area contributed by atoms with Gasteiger partial charge in [0.05, 0.1) is 11.5 Å². The van der Waals surface area contributed by atoms with Crippen LogP contribution in [0.3, 0.4) is 0 Å². The van der Waals surface area contributed by atoms with Gasteiger partial charge in [-0.1, -0.05) is 41.6 Å².